The monoisotopic (exact) mass is 706 g/mol. The molecule has 0 aromatic heterocycles. The van der Waals surface area contributed by atoms with Gasteiger partial charge in [-0.05, 0) is 85.5 Å². The first-order valence-corrected chi connectivity index (χ1v) is 20.8. The zero-order valence-corrected chi connectivity index (χ0v) is 32.6. The Kier molecular flexibility index (Phi) is 19.1. The Labute approximate surface area is 315 Å². The summed E-state index contributed by atoms with van der Waals surface area (Å²) in [6.07, 6.45) is 25.1. The maximum atomic E-state index is 11.4. The fraction of sp³-hybridized carbons (Fsp3) is 0.500. The van der Waals surface area contributed by atoms with E-state index in [1.54, 1.807) is 12.1 Å². The van der Waals surface area contributed by atoms with Crippen LogP contribution in [-0.2, 0) is 19.3 Å². The van der Waals surface area contributed by atoms with Crippen LogP contribution < -0.4 is 14.2 Å². The molecule has 4 rings (SSSR count). The van der Waals surface area contributed by atoms with E-state index in [-0.39, 0.29) is 11.5 Å². The van der Waals surface area contributed by atoms with Gasteiger partial charge in [-0.15, -0.1) is 0 Å². The lowest BCUT2D eigenvalue weighted by atomic mass is 10.0. The number of phenols is 1. The van der Waals surface area contributed by atoms with Gasteiger partial charge in [0.2, 0.25) is 11.5 Å². The molecule has 4 aromatic rings. The van der Waals surface area contributed by atoms with Crippen molar-refractivity contribution >= 4 is 0 Å². The lowest BCUT2D eigenvalue weighted by Crippen LogP contribution is -2.00. The van der Waals surface area contributed by atoms with Crippen molar-refractivity contribution in [1.29, 1.82) is 0 Å². The largest absolute Gasteiger partial charge is 0.504 e. The van der Waals surface area contributed by atoms with E-state index < -0.39 is 0 Å². The third kappa shape index (κ3) is 13.9. The zero-order chi connectivity index (χ0) is 36.6. The quantitative estimate of drug-likeness (QED) is 0.0627. The SMILES string of the molecule is CCCCCCCCc1ccccc1Oc1ccc(O)c(Oc2ccccc2CCCCCCCC)c1Oc1ccccc1CCCCCCCC. The van der Waals surface area contributed by atoms with Gasteiger partial charge >= 0.3 is 0 Å². The summed E-state index contributed by atoms with van der Waals surface area (Å²) in [7, 11) is 0. The number of aryl methyl sites for hydroxylation is 3. The van der Waals surface area contributed by atoms with E-state index in [0.717, 1.165) is 66.9 Å². The third-order valence-corrected chi connectivity index (χ3v) is 10.0. The predicted octanol–water partition coefficient (Wildman–Crippen LogP) is 15.5. The van der Waals surface area contributed by atoms with Crippen LogP contribution >= 0.6 is 0 Å². The van der Waals surface area contributed by atoms with E-state index in [4.69, 9.17) is 14.2 Å². The predicted molar refractivity (Wildman–Crippen MR) is 219 cm³/mol. The first-order valence-electron chi connectivity index (χ1n) is 20.8. The highest BCUT2D eigenvalue weighted by atomic mass is 16.5. The molecule has 0 bridgehead atoms. The molecular weight excluding hydrogens is 641 g/mol. The number of ether oxygens (including phenoxy) is 3. The number of para-hydroxylation sites is 3. The topological polar surface area (TPSA) is 47.9 Å². The Bertz CT molecular complexity index is 1560. The molecule has 4 nitrogen and oxygen atoms in total. The van der Waals surface area contributed by atoms with E-state index >= 15 is 0 Å². The molecule has 282 valence electrons. The first-order chi connectivity index (χ1) is 25.6. The minimum atomic E-state index is 0.0190. The molecule has 0 spiro atoms. The smallest absolute Gasteiger partial charge is 0.216 e. The fourth-order valence-electron chi connectivity index (χ4n) is 6.87. The van der Waals surface area contributed by atoms with Gasteiger partial charge in [0.25, 0.3) is 0 Å². The number of rotatable bonds is 27. The van der Waals surface area contributed by atoms with Crippen molar-refractivity contribution in [2.24, 2.45) is 0 Å². The summed E-state index contributed by atoms with van der Waals surface area (Å²) < 4.78 is 20.3. The van der Waals surface area contributed by atoms with Gasteiger partial charge in [-0.2, -0.15) is 0 Å². The Morgan fingerprint density at radius 1 is 0.346 bits per heavy atom. The summed E-state index contributed by atoms with van der Waals surface area (Å²) in [6.45, 7) is 6.77. The van der Waals surface area contributed by atoms with Crippen molar-refractivity contribution < 1.29 is 19.3 Å². The lowest BCUT2D eigenvalue weighted by molar-refractivity contribution is 0.358. The summed E-state index contributed by atoms with van der Waals surface area (Å²) in [4.78, 5) is 0. The van der Waals surface area contributed by atoms with Crippen molar-refractivity contribution in [2.45, 2.75) is 156 Å². The van der Waals surface area contributed by atoms with Gasteiger partial charge in [0.1, 0.15) is 17.2 Å². The number of benzene rings is 4. The van der Waals surface area contributed by atoms with Crippen LogP contribution in [0.4, 0.5) is 0 Å². The van der Waals surface area contributed by atoms with Crippen LogP contribution in [0.15, 0.2) is 84.9 Å². The van der Waals surface area contributed by atoms with Crippen LogP contribution in [0, 0.1) is 0 Å². The highest BCUT2D eigenvalue weighted by Gasteiger charge is 2.23. The van der Waals surface area contributed by atoms with Gasteiger partial charge in [-0.3, -0.25) is 0 Å². The van der Waals surface area contributed by atoms with Crippen LogP contribution in [0.1, 0.15) is 153 Å². The van der Waals surface area contributed by atoms with E-state index in [1.807, 2.05) is 36.4 Å². The normalized spacial score (nSPS) is 11.1. The van der Waals surface area contributed by atoms with E-state index in [9.17, 15) is 5.11 Å². The standard InChI is InChI=1S/C48H66O4/c1-4-7-10-13-16-19-28-39-31-22-25-34-43(39)50-46-38-37-42(49)47(51-44-35-26-23-32-40(44)29-20-17-14-11-8-5-2)48(46)52-45-36-27-24-33-41(45)30-21-18-15-12-9-6-3/h22-27,31-38,49H,4-21,28-30H2,1-3H3. The number of phenolic OH excluding ortho intramolecular Hbond substituents is 1. The van der Waals surface area contributed by atoms with Crippen LogP contribution in [0.25, 0.3) is 0 Å². The molecule has 0 radical (unpaired) electrons. The molecule has 52 heavy (non-hydrogen) atoms. The van der Waals surface area contributed by atoms with Crippen molar-refractivity contribution in [1.82, 2.24) is 0 Å². The van der Waals surface area contributed by atoms with Crippen molar-refractivity contribution in [3.8, 4) is 40.2 Å². The summed E-state index contributed by atoms with van der Waals surface area (Å²) in [5.74, 6) is 3.50. The molecule has 4 heteroatoms. The van der Waals surface area contributed by atoms with Crippen molar-refractivity contribution in [3.05, 3.63) is 102 Å². The summed E-state index contributed by atoms with van der Waals surface area (Å²) in [5, 5.41) is 11.4. The van der Waals surface area contributed by atoms with Crippen molar-refractivity contribution in [3.63, 3.8) is 0 Å². The minimum Gasteiger partial charge on any atom is -0.504 e. The van der Waals surface area contributed by atoms with Gasteiger partial charge in [0.15, 0.2) is 11.5 Å². The molecule has 0 saturated carbocycles. The molecule has 1 N–H and O–H groups in total. The number of unbranched alkanes of at least 4 members (excludes halogenated alkanes) is 15. The van der Waals surface area contributed by atoms with E-state index in [2.05, 4.69) is 57.2 Å². The minimum absolute atomic E-state index is 0.0190. The van der Waals surface area contributed by atoms with E-state index in [1.165, 1.54) is 102 Å². The van der Waals surface area contributed by atoms with Gasteiger partial charge in [-0.25, -0.2) is 0 Å². The molecule has 0 saturated heterocycles. The molecule has 0 aliphatic heterocycles. The highest BCUT2D eigenvalue weighted by molar-refractivity contribution is 5.62. The molecule has 0 fully saturated rings. The van der Waals surface area contributed by atoms with Gasteiger partial charge < -0.3 is 19.3 Å². The molecule has 0 aliphatic carbocycles. The van der Waals surface area contributed by atoms with Gasteiger partial charge in [0.05, 0.1) is 0 Å². The number of hydrogen-bond acceptors (Lipinski definition) is 4. The molecular formula is C48H66O4. The second-order valence-electron chi connectivity index (χ2n) is 14.4. The van der Waals surface area contributed by atoms with Crippen molar-refractivity contribution in [2.75, 3.05) is 0 Å². The number of hydrogen-bond donors (Lipinski definition) is 1. The highest BCUT2D eigenvalue weighted by Crippen LogP contribution is 2.50. The van der Waals surface area contributed by atoms with Crippen LogP contribution in [-0.4, -0.2) is 5.11 Å². The Morgan fingerprint density at radius 3 is 1.12 bits per heavy atom. The maximum absolute atomic E-state index is 11.4. The molecule has 0 heterocycles. The number of aromatic hydroxyl groups is 1. The lowest BCUT2D eigenvalue weighted by Gasteiger charge is -2.20. The fourth-order valence-corrected chi connectivity index (χ4v) is 6.87. The zero-order valence-electron chi connectivity index (χ0n) is 32.6. The summed E-state index contributed by atoms with van der Waals surface area (Å²) in [5.41, 5.74) is 3.44. The average molecular weight is 707 g/mol. The average Bonchev–Trinajstić information content (AvgIpc) is 3.16. The maximum Gasteiger partial charge on any atom is 0.216 e. The molecule has 4 aromatic carbocycles. The summed E-state index contributed by atoms with van der Waals surface area (Å²) in [6, 6.07) is 28.2. The third-order valence-electron chi connectivity index (χ3n) is 10.0. The second-order valence-corrected chi connectivity index (χ2v) is 14.4. The van der Waals surface area contributed by atoms with Gasteiger partial charge in [0, 0.05) is 0 Å². The molecule has 0 aliphatic rings. The van der Waals surface area contributed by atoms with Crippen LogP contribution in [0.2, 0.25) is 0 Å². The molecule has 0 atom stereocenters. The van der Waals surface area contributed by atoms with Gasteiger partial charge in [-0.1, -0.05) is 172 Å². The second kappa shape index (κ2) is 24.3. The molecule has 0 unspecified atom stereocenters. The Hall–Kier alpha value is -3.92. The van der Waals surface area contributed by atoms with Crippen LogP contribution in [0.5, 0.6) is 40.2 Å². The summed E-state index contributed by atoms with van der Waals surface area (Å²) >= 11 is 0. The Morgan fingerprint density at radius 2 is 0.692 bits per heavy atom. The first kappa shape index (κ1) is 40.8. The molecule has 0 amide bonds. The van der Waals surface area contributed by atoms with E-state index in [0.29, 0.717) is 11.5 Å². The Balaban J connectivity index is 1.63. The van der Waals surface area contributed by atoms with Crippen LogP contribution in [0.3, 0.4) is 0 Å².